The van der Waals surface area contributed by atoms with Crippen LogP contribution in [0, 0.1) is 13.8 Å². The first kappa shape index (κ1) is 21.4. The van der Waals surface area contributed by atoms with Crippen LogP contribution in [-0.4, -0.2) is 30.2 Å². The zero-order valence-corrected chi connectivity index (χ0v) is 18.1. The maximum absolute atomic E-state index is 12.6. The number of anilines is 2. The van der Waals surface area contributed by atoms with Gasteiger partial charge in [-0.05, 0) is 50.6 Å². The molecule has 1 aliphatic rings. The van der Waals surface area contributed by atoms with Gasteiger partial charge in [0.05, 0.1) is 24.5 Å². The van der Waals surface area contributed by atoms with Crippen LogP contribution in [0.15, 0.2) is 53.1 Å². The fourth-order valence-corrected chi connectivity index (χ4v) is 3.50. The Bertz CT molecular complexity index is 1090. The van der Waals surface area contributed by atoms with Crippen molar-refractivity contribution in [2.75, 3.05) is 23.4 Å². The highest BCUT2D eigenvalue weighted by atomic mass is 16.5. The molecule has 1 N–H and O–H groups in total. The van der Waals surface area contributed by atoms with Crippen molar-refractivity contribution in [2.24, 2.45) is 0 Å². The van der Waals surface area contributed by atoms with Gasteiger partial charge in [-0.2, -0.15) is 0 Å². The molecule has 8 nitrogen and oxygen atoms in total. The summed E-state index contributed by atoms with van der Waals surface area (Å²) in [5.41, 5.74) is 2.80. The van der Waals surface area contributed by atoms with Crippen molar-refractivity contribution in [1.29, 1.82) is 0 Å². The molecule has 0 fully saturated rings. The molecule has 166 valence electrons. The lowest BCUT2D eigenvalue weighted by Crippen LogP contribution is -2.38. The van der Waals surface area contributed by atoms with E-state index in [0.29, 0.717) is 48.9 Å². The molecule has 0 saturated heterocycles. The van der Waals surface area contributed by atoms with Crippen molar-refractivity contribution in [1.82, 2.24) is 5.16 Å². The van der Waals surface area contributed by atoms with E-state index in [1.54, 1.807) is 23.1 Å². The van der Waals surface area contributed by atoms with Crippen molar-refractivity contribution >= 4 is 23.2 Å². The van der Waals surface area contributed by atoms with Crippen LogP contribution < -0.4 is 19.7 Å². The Balaban J connectivity index is 1.39. The van der Waals surface area contributed by atoms with Gasteiger partial charge >= 0.3 is 0 Å². The number of carbonyl (C=O) groups is 2. The highest BCUT2D eigenvalue weighted by Crippen LogP contribution is 2.36. The van der Waals surface area contributed by atoms with E-state index in [2.05, 4.69) is 10.5 Å². The number of benzene rings is 2. The first-order valence-corrected chi connectivity index (χ1v) is 10.5. The summed E-state index contributed by atoms with van der Waals surface area (Å²) in [6.45, 7) is 4.40. The Morgan fingerprint density at radius 2 is 2.00 bits per heavy atom. The number of nitrogens with zero attached hydrogens (tertiary/aromatic N) is 2. The zero-order valence-electron chi connectivity index (χ0n) is 18.1. The number of ether oxygens (including phenoxy) is 2. The fraction of sp³-hybridized carbons (Fsp3) is 0.292. The molecule has 4 rings (SSSR count). The second kappa shape index (κ2) is 9.55. The standard InChI is InChI=1S/C24H25N3O5/c1-16-20(17(2)32-26-16)14-27-21-13-18(10-11-22(21)31-15-24(27)29)25-23(28)9-6-12-30-19-7-4-3-5-8-19/h3-5,7-8,10-11,13H,6,9,12,14-15H2,1-2H3,(H,25,28). The van der Waals surface area contributed by atoms with Crippen LogP contribution in [-0.2, 0) is 16.1 Å². The Morgan fingerprint density at radius 3 is 2.75 bits per heavy atom. The Kier molecular flexibility index (Phi) is 6.39. The summed E-state index contributed by atoms with van der Waals surface area (Å²) in [5, 5.41) is 6.85. The summed E-state index contributed by atoms with van der Waals surface area (Å²) in [6.07, 6.45) is 0.910. The van der Waals surface area contributed by atoms with Gasteiger partial charge in [-0.1, -0.05) is 23.4 Å². The van der Waals surface area contributed by atoms with E-state index >= 15 is 0 Å². The van der Waals surface area contributed by atoms with Gasteiger partial charge in [0.15, 0.2) is 6.61 Å². The Hall–Kier alpha value is -3.81. The minimum atomic E-state index is -0.168. The quantitative estimate of drug-likeness (QED) is 0.537. The maximum Gasteiger partial charge on any atom is 0.265 e. The van der Waals surface area contributed by atoms with E-state index in [1.807, 2.05) is 44.2 Å². The Morgan fingerprint density at radius 1 is 1.19 bits per heavy atom. The van der Waals surface area contributed by atoms with Crippen LogP contribution >= 0.6 is 0 Å². The third-order valence-corrected chi connectivity index (χ3v) is 5.24. The molecule has 0 radical (unpaired) electrons. The van der Waals surface area contributed by atoms with Gasteiger partial charge in [0.1, 0.15) is 17.3 Å². The number of para-hydroxylation sites is 1. The summed E-state index contributed by atoms with van der Waals surface area (Å²) in [6, 6.07) is 14.8. The largest absolute Gasteiger partial charge is 0.494 e. The number of aromatic nitrogens is 1. The molecule has 2 aromatic carbocycles. The van der Waals surface area contributed by atoms with Gasteiger partial charge in [0.25, 0.3) is 5.91 Å². The number of aryl methyl sites for hydroxylation is 2. The first-order valence-electron chi connectivity index (χ1n) is 10.5. The third-order valence-electron chi connectivity index (χ3n) is 5.24. The molecule has 0 bridgehead atoms. The van der Waals surface area contributed by atoms with Gasteiger partial charge in [0, 0.05) is 17.7 Å². The van der Waals surface area contributed by atoms with Crippen molar-refractivity contribution in [3.8, 4) is 11.5 Å². The number of hydrogen-bond donors (Lipinski definition) is 1. The van der Waals surface area contributed by atoms with Gasteiger partial charge in [-0.25, -0.2) is 0 Å². The van der Waals surface area contributed by atoms with Crippen molar-refractivity contribution in [3.63, 3.8) is 0 Å². The van der Waals surface area contributed by atoms with Gasteiger partial charge < -0.3 is 24.2 Å². The van der Waals surface area contributed by atoms with E-state index in [9.17, 15) is 9.59 Å². The van der Waals surface area contributed by atoms with Crippen LogP contribution in [0.4, 0.5) is 11.4 Å². The lowest BCUT2D eigenvalue weighted by Gasteiger charge is -2.29. The molecule has 2 heterocycles. The fourth-order valence-electron chi connectivity index (χ4n) is 3.50. The Labute approximate surface area is 186 Å². The molecule has 32 heavy (non-hydrogen) atoms. The normalized spacial score (nSPS) is 12.8. The predicted octanol–water partition coefficient (Wildman–Crippen LogP) is 4.01. The monoisotopic (exact) mass is 435 g/mol. The summed E-state index contributed by atoms with van der Waals surface area (Å²) < 4.78 is 16.4. The summed E-state index contributed by atoms with van der Waals surface area (Å²) in [5.74, 6) is 1.75. The van der Waals surface area contributed by atoms with Crippen molar-refractivity contribution in [3.05, 3.63) is 65.5 Å². The molecule has 3 aromatic rings. The van der Waals surface area contributed by atoms with Gasteiger partial charge in [-0.15, -0.1) is 0 Å². The summed E-state index contributed by atoms with van der Waals surface area (Å²) in [7, 11) is 0. The van der Waals surface area contributed by atoms with Crippen LogP contribution in [0.2, 0.25) is 0 Å². The van der Waals surface area contributed by atoms with E-state index in [1.165, 1.54) is 0 Å². The average Bonchev–Trinajstić information content (AvgIpc) is 3.11. The van der Waals surface area contributed by atoms with E-state index < -0.39 is 0 Å². The van der Waals surface area contributed by atoms with E-state index in [0.717, 1.165) is 17.0 Å². The second-order valence-corrected chi connectivity index (χ2v) is 7.57. The minimum absolute atomic E-state index is 0.0382. The van der Waals surface area contributed by atoms with Crippen LogP contribution in [0.5, 0.6) is 11.5 Å². The molecule has 0 saturated carbocycles. The van der Waals surface area contributed by atoms with Crippen molar-refractivity contribution in [2.45, 2.75) is 33.2 Å². The molecular formula is C24H25N3O5. The lowest BCUT2D eigenvalue weighted by molar-refractivity contribution is -0.121. The molecule has 0 atom stereocenters. The molecule has 1 aromatic heterocycles. The van der Waals surface area contributed by atoms with Crippen LogP contribution in [0.25, 0.3) is 0 Å². The molecule has 1 aliphatic heterocycles. The minimum Gasteiger partial charge on any atom is -0.494 e. The topological polar surface area (TPSA) is 93.9 Å². The number of fused-ring (bicyclic) bond motifs is 1. The summed E-state index contributed by atoms with van der Waals surface area (Å²) >= 11 is 0. The van der Waals surface area contributed by atoms with Crippen LogP contribution in [0.3, 0.4) is 0 Å². The van der Waals surface area contributed by atoms with Crippen molar-refractivity contribution < 1.29 is 23.6 Å². The van der Waals surface area contributed by atoms with E-state index in [-0.39, 0.29) is 18.4 Å². The van der Waals surface area contributed by atoms with Gasteiger partial charge in [-0.3, -0.25) is 9.59 Å². The smallest absolute Gasteiger partial charge is 0.265 e. The molecule has 8 heteroatoms. The average molecular weight is 435 g/mol. The maximum atomic E-state index is 12.6. The first-order chi connectivity index (χ1) is 15.5. The van der Waals surface area contributed by atoms with Gasteiger partial charge in [0.2, 0.25) is 5.91 Å². The van der Waals surface area contributed by atoms with E-state index in [4.69, 9.17) is 14.0 Å². The van der Waals surface area contributed by atoms with Crippen LogP contribution in [0.1, 0.15) is 29.9 Å². The highest BCUT2D eigenvalue weighted by Gasteiger charge is 2.28. The highest BCUT2D eigenvalue weighted by molar-refractivity contribution is 5.99. The lowest BCUT2D eigenvalue weighted by atomic mass is 10.1. The number of rotatable bonds is 8. The third kappa shape index (κ3) is 4.91. The molecule has 2 amide bonds. The number of nitrogens with one attached hydrogen (secondary N) is 1. The molecule has 0 aliphatic carbocycles. The molecular weight excluding hydrogens is 410 g/mol. The summed E-state index contributed by atoms with van der Waals surface area (Å²) in [4.78, 5) is 26.6. The molecule has 0 spiro atoms. The SMILES string of the molecule is Cc1noc(C)c1CN1C(=O)COc2ccc(NC(=O)CCCOc3ccccc3)cc21. The number of carbonyl (C=O) groups excluding carboxylic acids is 2. The second-order valence-electron chi connectivity index (χ2n) is 7.57. The number of amides is 2. The predicted molar refractivity (Wildman–Crippen MR) is 119 cm³/mol. The molecule has 0 unspecified atom stereocenters. The zero-order chi connectivity index (χ0) is 22.5. The number of hydrogen-bond acceptors (Lipinski definition) is 6.